The third-order valence-electron chi connectivity index (χ3n) is 5.05. The number of likely N-dealkylation sites (tertiary alicyclic amines) is 1. The van der Waals surface area contributed by atoms with Crippen molar-refractivity contribution in [2.24, 2.45) is 0 Å². The molecule has 3 aromatic rings. The van der Waals surface area contributed by atoms with Crippen LogP contribution in [0.2, 0.25) is 0 Å². The van der Waals surface area contributed by atoms with Crippen molar-refractivity contribution in [2.45, 2.75) is 31.8 Å². The van der Waals surface area contributed by atoms with Gasteiger partial charge in [0.05, 0.1) is 18.8 Å². The second kappa shape index (κ2) is 7.30. The molecule has 0 amide bonds. The van der Waals surface area contributed by atoms with E-state index in [0.29, 0.717) is 17.9 Å². The van der Waals surface area contributed by atoms with Crippen LogP contribution in [0.25, 0.3) is 11.0 Å². The van der Waals surface area contributed by atoms with Gasteiger partial charge in [-0.3, -0.25) is 9.88 Å². The Morgan fingerprint density at radius 3 is 2.96 bits per heavy atom. The lowest BCUT2D eigenvalue weighted by Crippen LogP contribution is -2.33. The highest BCUT2D eigenvalue weighted by atomic mass is 16.5. The number of fused-ring (bicyclic) bond motifs is 1. The van der Waals surface area contributed by atoms with E-state index in [0.717, 1.165) is 36.0 Å². The second-order valence-electron chi connectivity index (χ2n) is 6.69. The first-order chi connectivity index (χ1) is 12.7. The summed E-state index contributed by atoms with van der Waals surface area (Å²) < 4.78 is 10.6. The fourth-order valence-corrected chi connectivity index (χ4v) is 3.78. The highest BCUT2D eigenvalue weighted by Gasteiger charge is 2.25. The average Bonchev–Trinajstić information content (AvgIpc) is 2.68. The standard InChI is InChI=1S/C21H22N2O3/c1-25-16-8-9-17-15(12-21(24)26-20(17)13-16)14-23-11-5-3-7-19(23)18-6-2-4-10-22-18/h2,4,6,8-10,12-13,19H,3,5,7,11,14H2,1H3. The van der Waals surface area contributed by atoms with Crippen molar-refractivity contribution in [3.63, 3.8) is 0 Å². The van der Waals surface area contributed by atoms with Gasteiger partial charge in [-0.25, -0.2) is 4.79 Å². The van der Waals surface area contributed by atoms with Gasteiger partial charge in [-0.05, 0) is 49.2 Å². The third-order valence-corrected chi connectivity index (χ3v) is 5.05. The first-order valence-corrected chi connectivity index (χ1v) is 9.00. The summed E-state index contributed by atoms with van der Waals surface area (Å²) in [4.78, 5) is 19.0. The molecule has 5 heteroatoms. The Labute approximate surface area is 152 Å². The maximum absolute atomic E-state index is 12.1. The summed E-state index contributed by atoms with van der Waals surface area (Å²) in [6.07, 6.45) is 5.30. The van der Waals surface area contributed by atoms with Gasteiger partial charge in [-0.2, -0.15) is 0 Å². The summed E-state index contributed by atoms with van der Waals surface area (Å²) in [5.41, 5.74) is 2.33. The van der Waals surface area contributed by atoms with Crippen molar-refractivity contribution in [3.05, 3.63) is 70.3 Å². The molecule has 0 aliphatic carbocycles. The summed E-state index contributed by atoms with van der Waals surface area (Å²) in [5, 5.41) is 0.954. The van der Waals surface area contributed by atoms with Crippen molar-refractivity contribution < 1.29 is 9.15 Å². The molecule has 1 aromatic carbocycles. The smallest absolute Gasteiger partial charge is 0.336 e. The fraction of sp³-hybridized carbons (Fsp3) is 0.333. The van der Waals surface area contributed by atoms with Crippen LogP contribution in [0.15, 0.2) is 57.9 Å². The van der Waals surface area contributed by atoms with Crippen LogP contribution < -0.4 is 10.4 Å². The van der Waals surface area contributed by atoms with E-state index in [9.17, 15) is 4.79 Å². The van der Waals surface area contributed by atoms with E-state index in [-0.39, 0.29) is 11.7 Å². The number of aromatic nitrogens is 1. The number of benzene rings is 1. The molecular weight excluding hydrogens is 328 g/mol. The molecule has 0 N–H and O–H groups in total. The summed E-state index contributed by atoms with van der Waals surface area (Å²) in [6.45, 7) is 1.70. The summed E-state index contributed by atoms with van der Waals surface area (Å²) in [5.74, 6) is 0.683. The average molecular weight is 350 g/mol. The first kappa shape index (κ1) is 16.8. The molecule has 2 aromatic heterocycles. The maximum atomic E-state index is 12.1. The normalized spacial score (nSPS) is 18.1. The third kappa shape index (κ3) is 3.35. The molecule has 134 valence electrons. The van der Waals surface area contributed by atoms with E-state index in [1.165, 1.54) is 6.42 Å². The van der Waals surface area contributed by atoms with Crippen LogP contribution in [-0.2, 0) is 6.54 Å². The number of pyridine rings is 1. The van der Waals surface area contributed by atoms with Crippen LogP contribution >= 0.6 is 0 Å². The van der Waals surface area contributed by atoms with Crippen LogP contribution in [0.3, 0.4) is 0 Å². The van der Waals surface area contributed by atoms with E-state index in [4.69, 9.17) is 9.15 Å². The number of nitrogens with zero attached hydrogens (tertiary/aromatic N) is 2. The minimum atomic E-state index is -0.327. The van der Waals surface area contributed by atoms with Crippen molar-refractivity contribution in [2.75, 3.05) is 13.7 Å². The molecular formula is C21H22N2O3. The largest absolute Gasteiger partial charge is 0.497 e. The Balaban J connectivity index is 1.70. The monoisotopic (exact) mass is 350 g/mol. The Morgan fingerprint density at radius 2 is 2.15 bits per heavy atom. The zero-order valence-corrected chi connectivity index (χ0v) is 14.9. The van der Waals surface area contributed by atoms with Gasteiger partial charge in [0.25, 0.3) is 0 Å². The predicted molar refractivity (Wildman–Crippen MR) is 100 cm³/mol. The molecule has 1 atom stereocenters. The minimum absolute atomic E-state index is 0.283. The van der Waals surface area contributed by atoms with Gasteiger partial charge < -0.3 is 9.15 Å². The number of methoxy groups -OCH3 is 1. The molecule has 1 aliphatic heterocycles. The van der Waals surface area contributed by atoms with E-state index >= 15 is 0 Å². The van der Waals surface area contributed by atoms with Gasteiger partial charge in [0, 0.05) is 30.3 Å². The molecule has 3 heterocycles. The molecule has 26 heavy (non-hydrogen) atoms. The first-order valence-electron chi connectivity index (χ1n) is 9.00. The molecule has 4 rings (SSSR count). The molecule has 1 aliphatic rings. The summed E-state index contributed by atoms with van der Waals surface area (Å²) in [7, 11) is 1.61. The van der Waals surface area contributed by atoms with Crippen molar-refractivity contribution in [1.29, 1.82) is 0 Å². The van der Waals surface area contributed by atoms with Crippen LogP contribution in [0.4, 0.5) is 0 Å². The molecule has 1 fully saturated rings. The van der Waals surface area contributed by atoms with Gasteiger partial charge in [-0.15, -0.1) is 0 Å². The molecule has 0 saturated carbocycles. The molecule has 5 nitrogen and oxygen atoms in total. The topological polar surface area (TPSA) is 55.6 Å². The second-order valence-corrected chi connectivity index (χ2v) is 6.69. The quantitative estimate of drug-likeness (QED) is 0.668. The predicted octanol–water partition coefficient (Wildman–Crippen LogP) is 3.92. The van der Waals surface area contributed by atoms with Crippen LogP contribution in [0.5, 0.6) is 5.75 Å². The summed E-state index contributed by atoms with van der Waals surface area (Å²) in [6, 6.07) is 13.6. The Morgan fingerprint density at radius 1 is 1.23 bits per heavy atom. The van der Waals surface area contributed by atoms with Crippen molar-refractivity contribution in [3.8, 4) is 5.75 Å². The summed E-state index contributed by atoms with van der Waals surface area (Å²) >= 11 is 0. The van der Waals surface area contributed by atoms with E-state index in [2.05, 4.69) is 16.0 Å². The van der Waals surface area contributed by atoms with E-state index in [1.54, 1.807) is 19.2 Å². The van der Waals surface area contributed by atoms with Crippen LogP contribution in [-0.4, -0.2) is 23.5 Å². The number of rotatable bonds is 4. The minimum Gasteiger partial charge on any atom is -0.497 e. The highest BCUT2D eigenvalue weighted by molar-refractivity contribution is 5.81. The molecule has 0 radical (unpaired) electrons. The molecule has 1 unspecified atom stereocenters. The number of piperidine rings is 1. The van der Waals surface area contributed by atoms with Gasteiger partial charge >= 0.3 is 5.63 Å². The van der Waals surface area contributed by atoms with Gasteiger partial charge in [0.1, 0.15) is 11.3 Å². The molecule has 0 bridgehead atoms. The lowest BCUT2D eigenvalue weighted by Gasteiger charge is -2.35. The molecule has 1 saturated heterocycles. The number of ether oxygens (including phenoxy) is 1. The van der Waals surface area contributed by atoms with E-state index in [1.807, 2.05) is 30.5 Å². The number of hydrogen-bond donors (Lipinski definition) is 0. The Bertz CT molecular complexity index is 952. The highest BCUT2D eigenvalue weighted by Crippen LogP contribution is 2.32. The zero-order valence-electron chi connectivity index (χ0n) is 14.9. The fourth-order valence-electron chi connectivity index (χ4n) is 3.78. The maximum Gasteiger partial charge on any atom is 0.336 e. The van der Waals surface area contributed by atoms with Crippen LogP contribution in [0, 0.1) is 0 Å². The van der Waals surface area contributed by atoms with E-state index < -0.39 is 0 Å². The SMILES string of the molecule is COc1ccc2c(CN3CCCCC3c3ccccn3)cc(=O)oc2c1. The lowest BCUT2D eigenvalue weighted by molar-refractivity contribution is 0.137. The zero-order chi connectivity index (χ0) is 17.9. The number of hydrogen-bond acceptors (Lipinski definition) is 5. The Hall–Kier alpha value is -2.66. The van der Waals surface area contributed by atoms with Gasteiger partial charge in [0.15, 0.2) is 0 Å². The van der Waals surface area contributed by atoms with Gasteiger partial charge in [0.2, 0.25) is 0 Å². The van der Waals surface area contributed by atoms with Crippen LogP contribution in [0.1, 0.15) is 36.6 Å². The molecule has 0 spiro atoms. The van der Waals surface area contributed by atoms with Gasteiger partial charge in [-0.1, -0.05) is 12.5 Å². The van der Waals surface area contributed by atoms with Crippen molar-refractivity contribution in [1.82, 2.24) is 9.88 Å². The van der Waals surface area contributed by atoms with Crippen molar-refractivity contribution >= 4 is 11.0 Å². The lowest BCUT2D eigenvalue weighted by atomic mass is 9.97. The Kier molecular flexibility index (Phi) is 4.71.